The van der Waals surface area contributed by atoms with Crippen molar-refractivity contribution in [3.05, 3.63) is 24.3 Å². The number of anilines is 2. The summed E-state index contributed by atoms with van der Waals surface area (Å²) in [5, 5.41) is 7.74. The molecule has 0 saturated carbocycles. The molecule has 0 radical (unpaired) electrons. The lowest BCUT2D eigenvalue weighted by molar-refractivity contribution is 0.687. The first-order chi connectivity index (χ1) is 9.20. The number of aromatic nitrogens is 2. The van der Waals surface area contributed by atoms with Crippen molar-refractivity contribution in [3.63, 3.8) is 0 Å². The molecular weight excluding hydrogens is 236 g/mol. The summed E-state index contributed by atoms with van der Waals surface area (Å²) in [5.41, 5.74) is 0.974. The van der Waals surface area contributed by atoms with Crippen molar-refractivity contribution in [2.24, 2.45) is 5.92 Å². The number of hydrogen-bond donors (Lipinski definition) is 2. The molecule has 1 aromatic heterocycles. The Hall–Kier alpha value is -1.84. The Morgan fingerprint density at radius 2 is 1.89 bits per heavy atom. The number of rotatable bonds is 6. The van der Waals surface area contributed by atoms with Gasteiger partial charge in [0.15, 0.2) is 0 Å². The van der Waals surface area contributed by atoms with Crippen molar-refractivity contribution < 1.29 is 0 Å². The van der Waals surface area contributed by atoms with Crippen LogP contribution in [0.5, 0.6) is 0 Å². The first-order valence-electron chi connectivity index (χ1n) is 6.95. The van der Waals surface area contributed by atoms with Crippen LogP contribution in [0.25, 0.3) is 10.9 Å². The summed E-state index contributed by atoms with van der Waals surface area (Å²) in [6.45, 7) is 8.31. The molecule has 0 unspecified atom stereocenters. The van der Waals surface area contributed by atoms with Gasteiger partial charge in [-0.1, -0.05) is 32.9 Å². The van der Waals surface area contributed by atoms with Crippen LogP contribution in [0.15, 0.2) is 24.3 Å². The minimum Gasteiger partial charge on any atom is -0.369 e. The molecule has 0 spiro atoms. The molecule has 0 amide bonds. The van der Waals surface area contributed by atoms with Crippen LogP contribution in [-0.4, -0.2) is 23.1 Å². The van der Waals surface area contributed by atoms with Crippen LogP contribution in [0.1, 0.15) is 27.2 Å². The molecule has 0 aliphatic heterocycles. The second kappa shape index (κ2) is 6.36. The van der Waals surface area contributed by atoms with Crippen molar-refractivity contribution in [2.45, 2.75) is 27.2 Å². The van der Waals surface area contributed by atoms with Crippen molar-refractivity contribution in [2.75, 3.05) is 23.7 Å². The molecule has 0 atom stereocenters. The highest BCUT2D eigenvalue weighted by atomic mass is 15.1. The van der Waals surface area contributed by atoms with E-state index in [4.69, 9.17) is 0 Å². The van der Waals surface area contributed by atoms with Crippen molar-refractivity contribution in [1.82, 2.24) is 9.97 Å². The Morgan fingerprint density at radius 1 is 1.11 bits per heavy atom. The smallest absolute Gasteiger partial charge is 0.225 e. The molecule has 2 rings (SSSR count). The van der Waals surface area contributed by atoms with Gasteiger partial charge in [-0.2, -0.15) is 4.98 Å². The maximum Gasteiger partial charge on any atom is 0.225 e. The quantitative estimate of drug-likeness (QED) is 0.832. The summed E-state index contributed by atoms with van der Waals surface area (Å²) < 4.78 is 0. The van der Waals surface area contributed by atoms with Gasteiger partial charge in [0.1, 0.15) is 5.82 Å². The monoisotopic (exact) mass is 258 g/mol. The zero-order valence-electron chi connectivity index (χ0n) is 11.9. The van der Waals surface area contributed by atoms with Gasteiger partial charge < -0.3 is 10.6 Å². The minimum absolute atomic E-state index is 0.584. The van der Waals surface area contributed by atoms with Gasteiger partial charge in [0.25, 0.3) is 0 Å². The highest BCUT2D eigenvalue weighted by Gasteiger charge is 2.07. The van der Waals surface area contributed by atoms with Crippen LogP contribution in [0.2, 0.25) is 0 Å². The van der Waals surface area contributed by atoms with Crippen molar-refractivity contribution in [3.8, 4) is 0 Å². The van der Waals surface area contributed by atoms with Gasteiger partial charge in [-0.05, 0) is 24.5 Å². The van der Waals surface area contributed by atoms with Gasteiger partial charge in [-0.15, -0.1) is 0 Å². The molecule has 0 bridgehead atoms. The van der Waals surface area contributed by atoms with Crippen LogP contribution in [-0.2, 0) is 0 Å². The first-order valence-corrected chi connectivity index (χ1v) is 6.95. The average molecular weight is 258 g/mol. The second-order valence-corrected chi connectivity index (χ2v) is 5.11. The zero-order chi connectivity index (χ0) is 13.7. The molecular formula is C15H22N4. The number of benzene rings is 1. The van der Waals surface area contributed by atoms with E-state index < -0.39 is 0 Å². The lowest BCUT2D eigenvalue weighted by Crippen LogP contribution is -2.12. The number of fused-ring (bicyclic) bond motifs is 1. The Bertz CT molecular complexity index is 537. The second-order valence-electron chi connectivity index (χ2n) is 5.11. The third-order valence-electron chi connectivity index (χ3n) is 2.81. The van der Waals surface area contributed by atoms with Gasteiger partial charge in [0.05, 0.1) is 5.52 Å². The lowest BCUT2D eigenvalue weighted by atomic mass is 10.2. The van der Waals surface area contributed by atoms with E-state index in [1.165, 1.54) is 0 Å². The molecule has 1 heterocycles. The molecule has 4 nitrogen and oxygen atoms in total. The summed E-state index contributed by atoms with van der Waals surface area (Å²) in [5.74, 6) is 2.20. The molecule has 19 heavy (non-hydrogen) atoms. The van der Waals surface area contributed by atoms with E-state index in [1.54, 1.807) is 0 Å². The number of para-hydroxylation sites is 1. The van der Waals surface area contributed by atoms with E-state index in [0.717, 1.165) is 36.2 Å². The summed E-state index contributed by atoms with van der Waals surface area (Å²) in [7, 11) is 0. The van der Waals surface area contributed by atoms with Crippen LogP contribution in [0.3, 0.4) is 0 Å². The Balaban J connectivity index is 2.33. The fourth-order valence-electron chi connectivity index (χ4n) is 1.83. The van der Waals surface area contributed by atoms with E-state index in [1.807, 2.05) is 18.2 Å². The highest BCUT2D eigenvalue weighted by molar-refractivity contribution is 5.89. The van der Waals surface area contributed by atoms with Gasteiger partial charge in [0, 0.05) is 18.5 Å². The number of nitrogens with one attached hydrogen (secondary N) is 2. The molecule has 4 heteroatoms. The van der Waals surface area contributed by atoms with Crippen LogP contribution in [0, 0.1) is 5.92 Å². The molecule has 0 aliphatic rings. The van der Waals surface area contributed by atoms with Crippen LogP contribution < -0.4 is 10.6 Å². The summed E-state index contributed by atoms with van der Waals surface area (Å²) >= 11 is 0. The van der Waals surface area contributed by atoms with Crippen molar-refractivity contribution >= 4 is 22.7 Å². The van der Waals surface area contributed by atoms with E-state index in [0.29, 0.717) is 11.9 Å². The maximum absolute atomic E-state index is 4.58. The van der Waals surface area contributed by atoms with E-state index in [2.05, 4.69) is 47.4 Å². The van der Waals surface area contributed by atoms with Gasteiger partial charge in [-0.3, -0.25) is 0 Å². The fraction of sp³-hybridized carbons (Fsp3) is 0.467. The molecule has 2 N–H and O–H groups in total. The van der Waals surface area contributed by atoms with E-state index >= 15 is 0 Å². The van der Waals surface area contributed by atoms with Gasteiger partial charge in [0.2, 0.25) is 5.95 Å². The number of nitrogens with zero attached hydrogens (tertiary/aromatic N) is 2. The summed E-state index contributed by atoms with van der Waals surface area (Å²) in [6.07, 6.45) is 1.06. The zero-order valence-corrected chi connectivity index (χ0v) is 11.9. The minimum atomic E-state index is 0.584. The predicted molar refractivity (Wildman–Crippen MR) is 81.6 cm³/mol. The fourth-order valence-corrected chi connectivity index (χ4v) is 1.83. The molecule has 0 fully saturated rings. The predicted octanol–water partition coefficient (Wildman–Crippen LogP) is 3.52. The van der Waals surface area contributed by atoms with Crippen LogP contribution >= 0.6 is 0 Å². The third kappa shape index (κ3) is 3.56. The lowest BCUT2D eigenvalue weighted by Gasteiger charge is -2.12. The molecule has 1 aromatic carbocycles. The largest absolute Gasteiger partial charge is 0.369 e. The summed E-state index contributed by atoms with van der Waals surface area (Å²) in [4.78, 5) is 9.12. The molecule has 102 valence electrons. The van der Waals surface area contributed by atoms with E-state index in [-0.39, 0.29) is 0 Å². The summed E-state index contributed by atoms with van der Waals surface area (Å²) in [6, 6.07) is 8.10. The standard InChI is InChI=1S/C15H22N4/c1-4-9-16-15-18-13-8-6-5-7-12(13)14(19-15)17-10-11(2)3/h5-8,11H,4,9-10H2,1-3H3,(H2,16,17,18,19). The molecule has 2 aromatic rings. The Morgan fingerprint density at radius 3 is 2.63 bits per heavy atom. The Labute approximate surface area is 114 Å². The van der Waals surface area contributed by atoms with Gasteiger partial charge in [-0.25, -0.2) is 4.98 Å². The number of hydrogen-bond acceptors (Lipinski definition) is 4. The third-order valence-corrected chi connectivity index (χ3v) is 2.81. The Kier molecular flexibility index (Phi) is 4.55. The maximum atomic E-state index is 4.58. The normalized spacial score (nSPS) is 10.9. The molecule has 0 saturated heterocycles. The van der Waals surface area contributed by atoms with Crippen molar-refractivity contribution in [1.29, 1.82) is 0 Å². The average Bonchev–Trinajstić information content (AvgIpc) is 2.42. The first kappa shape index (κ1) is 13.6. The topological polar surface area (TPSA) is 49.8 Å². The highest BCUT2D eigenvalue weighted by Crippen LogP contribution is 2.21. The molecule has 0 aliphatic carbocycles. The van der Waals surface area contributed by atoms with Gasteiger partial charge >= 0.3 is 0 Å². The van der Waals surface area contributed by atoms with E-state index in [9.17, 15) is 0 Å². The van der Waals surface area contributed by atoms with Crippen LogP contribution in [0.4, 0.5) is 11.8 Å². The SMILES string of the molecule is CCCNc1nc(NCC(C)C)c2ccccc2n1.